The van der Waals surface area contributed by atoms with Crippen molar-refractivity contribution in [3.05, 3.63) is 29.8 Å². The molecule has 1 amide bonds. The zero-order chi connectivity index (χ0) is 12.3. The molecule has 1 aliphatic rings. The molecular formula is C13H17FN2O. The molecule has 0 radical (unpaired) electrons. The summed E-state index contributed by atoms with van der Waals surface area (Å²) in [7, 11) is 0. The van der Waals surface area contributed by atoms with Crippen molar-refractivity contribution in [2.75, 3.05) is 13.1 Å². The van der Waals surface area contributed by atoms with E-state index in [1.165, 1.54) is 37.6 Å². The van der Waals surface area contributed by atoms with Gasteiger partial charge in [-0.2, -0.15) is 4.39 Å². The summed E-state index contributed by atoms with van der Waals surface area (Å²) < 4.78 is 12.7. The van der Waals surface area contributed by atoms with Crippen LogP contribution in [-0.2, 0) is 0 Å². The van der Waals surface area contributed by atoms with E-state index in [4.69, 9.17) is 0 Å². The van der Waals surface area contributed by atoms with Crippen molar-refractivity contribution in [3.8, 4) is 0 Å². The van der Waals surface area contributed by atoms with Gasteiger partial charge in [0.2, 0.25) is 5.95 Å². The lowest BCUT2D eigenvalue weighted by molar-refractivity contribution is 0.0706. The van der Waals surface area contributed by atoms with Crippen molar-refractivity contribution in [3.63, 3.8) is 0 Å². The molecule has 0 atom stereocenters. The largest absolute Gasteiger partial charge is 0.339 e. The summed E-state index contributed by atoms with van der Waals surface area (Å²) in [5.41, 5.74) is 0.465. The molecule has 1 fully saturated rings. The summed E-state index contributed by atoms with van der Waals surface area (Å²) in [6, 6.07) is 2.72. The molecule has 1 heterocycles. The highest BCUT2D eigenvalue weighted by Gasteiger charge is 2.23. The third-order valence-corrected chi connectivity index (χ3v) is 3.35. The molecule has 1 aliphatic carbocycles. The fourth-order valence-corrected chi connectivity index (χ4v) is 2.03. The Morgan fingerprint density at radius 2 is 2.29 bits per heavy atom. The molecule has 0 aromatic carbocycles. The Labute approximate surface area is 101 Å². The SMILES string of the molecule is CCN(CC1CCC1)C(=O)c1ccc(F)nc1. The Morgan fingerprint density at radius 3 is 2.76 bits per heavy atom. The number of nitrogens with zero attached hydrogens (tertiary/aromatic N) is 2. The van der Waals surface area contributed by atoms with Crippen LogP contribution in [0.15, 0.2) is 18.3 Å². The highest BCUT2D eigenvalue weighted by atomic mass is 19.1. The summed E-state index contributed by atoms with van der Waals surface area (Å²) in [6.07, 6.45) is 5.01. The summed E-state index contributed by atoms with van der Waals surface area (Å²) >= 11 is 0. The van der Waals surface area contributed by atoms with E-state index in [9.17, 15) is 9.18 Å². The number of aromatic nitrogens is 1. The maximum Gasteiger partial charge on any atom is 0.255 e. The second-order valence-corrected chi connectivity index (χ2v) is 4.51. The molecule has 4 heteroatoms. The van der Waals surface area contributed by atoms with Crippen LogP contribution in [0, 0.1) is 11.9 Å². The van der Waals surface area contributed by atoms with E-state index in [2.05, 4.69) is 4.98 Å². The van der Waals surface area contributed by atoms with E-state index in [0.717, 1.165) is 6.54 Å². The maximum atomic E-state index is 12.7. The fraction of sp³-hybridized carbons (Fsp3) is 0.538. The predicted molar refractivity (Wildman–Crippen MR) is 63.1 cm³/mol. The van der Waals surface area contributed by atoms with Crippen molar-refractivity contribution >= 4 is 5.91 Å². The highest BCUT2D eigenvalue weighted by Crippen LogP contribution is 2.27. The standard InChI is InChI=1S/C13H17FN2O/c1-2-16(9-10-4-3-5-10)13(17)11-6-7-12(14)15-8-11/h6-8,10H,2-5,9H2,1H3. The molecular weight excluding hydrogens is 219 g/mol. The second kappa shape index (κ2) is 5.25. The lowest BCUT2D eigenvalue weighted by Crippen LogP contribution is -2.37. The zero-order valence-corrected chi connectivity index (χ0v) is 10.0. The smallest absolute Gasteiger partial charge is 0.255 e. The van der Waals surface area contributed by atoms with Gasteiger partial charge in [-0.25, -0.2) is 4.98 Å². The lowest BCUT2D eigenvalue weighted by Gasteiger charge is -2.31. The number of hydrogen-bond acceptors (Lipinski definition) is 2. The Morgan fingerprint density at radius 1 is 1.53 bits per heavy atom. The Kier molecular flexibility index (Phi) is 3.71. The van der Waals surface area contributed by atoms with Crippen LogP contribution >= 0.6 is 0 Å². The number of carbonyl (C=O) groups excluding carboxylic acids is 1. The quantitative estimate of drug-likeness (QED) is 0.752. The van der Waals surface area contributed by atoms with Gasteiger partial charge in [-0.1, -0.05) is 6.42 Å². The van der Waals surface area contributed by atoms with E-state index >= 15 is 0 Å². The van der Waals surface area contributed by atoms with Gasteiger partial charge in [0.25, 0.3) is 5.91 Å². The van der Waals surface area contributed by atoms with Crippen molar-refractivity contribution < 1.29 is 9.18 Å². The van der Waals surface area contributed by atoms with Crippen LogP contribution in [0.4, 0.5) is 4.39 Å². The van der Waals surface area contributed by atoms with Crippen LogP contribution in [0.25, 0.3) is 0 Å². The maximum absolute atomic E-state index is 12.7. The minimum atomic E-state index is -0.552. The summed E-state index contributed by atoms with van der Waals surface area (Å²) in [5, 5.41) is 0. The molecule has 1 saturated carbocycles. The average Bonchev–Trinajstić information content (AvgIpc) is 2.28. The van der Waals surface area contributed by atoms with Gasteiger partial charge in [-0.05, 0) is 37.8 Å². The number of rotatable bonds is 4. The monoisotopic (exact) mass is 236 g/mol. The van der Waals surface area contributed by atoms with Gasteiger partial charge >= 0.3 is 0 Å². The van der Waals surface area contributed by atoms with Gasteiger partial charge in [0, 0.05) is 19.3 Å². The van der Waals surface area contributed by atoms with Gasteiger partial charge < -0.3 is 4.90 Å². The molecule has 0 spiro atoms. The van der Waals surface area contributed by atoms with Gasteiger partial charge in [0.05, 0.1) is 5.56 Å². The van der Waals surface area contributed by atoms with E-state index in [1.807, 2.05) is 11.8 Å². The van der Waals surface area contributed by atoms with Crippen LogP contribution < -0.4 is 0 Å². The van der Waals surface area contributed by atoms with Crippen molar-refractivity contribution in [1.29, 1.82) is 0 Å². The van der Waals surface area contributed by atoms with Gasteiger partial charge in [0.15, 0.2) is 0 Å². The molecule has 17 heavy (non-hydrogen) atoms. The summed E-state index contributed by atoms with van der Waals surface area (Å²) in [5.74, 6) is 0.0443. The number of carbonyl (C=O) groups is 1. The number of halogens is 1. The first-order valence-electron chi connectivity index (χ1n) is 6.11. The minimum Gasteiger partial charge on any atom is -0.339 e. The second-order valence-electron chi connectivity index (χ2n) is 4.51. The third-order valence-electron chi connectivity index (χ3n) is 3.35. The van der Waals surface area contributed by atoms with E-state index in [-0.39, 0.29) is 5.91 Å². The first-order chi connectivity index (χ1) is 8.20. The normalized spacial score (nSPS) is 15.4. The molecule has 0 aliphatic heterocycles. The number of amides is 1. The topological polar surface area (TPSA) is 33.2 Å². The Bertz CT molecular complexity index is 387. The molecule has 0 bridgehead atoms. The zero-order valence-electron chi connectivity index (χ0n) is 10.0. The molecule has 1 aromatic rings. The van der Waals surface area contributed by atoms with E-state index in [1.54, 1.807) is 0 Å². The molecule has 3 nitrogen and oxygen atoms in total. The van der Waals surface area contributed by atoms with Gasteiger partial charge in [-0.3, -0.25) is 4.79 Å². The van der Waals surface area contributed by atoms with Crippen LogP contribution in [-0.4, -0.2) is 28.9 Å². The molecule has 92 valence electrons. The van der Waals surface area contributed by atoms with Crippen molar-refractivity contribution in [1.82, 2.24) is 9.88 Å². The predicted octanol–water partition coefficient (Wildman–Crippen LogP) is 2.48. The number of pyridine rings is 1. The Hall–Kier alpha value is -1.45. The summed E-state index contributed by atoms with van der Waals surface area (Å²) in [6.45, 7) is 3.47. The first kappa shape index (κ1) is 12.0. The van der Waals surface area contributed by atoms with Crippen LogP contribution in [0.2, 0.25) is 0 Å². The first-order valence-corrected chi connectivity index (χ1v) is 6.11. The average molecular weight is 236 g/mol. The molecule has 0 N–H and O–H groups in total. The molecule has 2 rings (SSSR count). The highest BCUT2D eigenvalue weighted by molar-refractivity contribution is 5.93. The van der Waals surface area contributed by atoms with Crippen LogP contribution in [0.5, 0.6) is 0 Å². The molecule has 0 unspecified atom stereocenters. The van der Waals surface area contributed by atoms with Gasteiger partial charge in [-0.15, -0.1) is 0 Å². The fourth-order valence-electron chi connectivity index (χ4n) is 2.03. The van der Waals surface area contributed by atoms with E-state index in [0.29, 0.717) is 18.0 Å². The van der Waals surface area contributed by atoms with Crippen LogP contribution in [0.3, 0.4) is 0 Å². The van der Waals surface area contributed by atoms with Gasteiger partial charge in [0.1, 0.15) is 0 Å². The number of hydrogen-bond donors (Lipinski definition) is 0. The Balaban J connectivity index is 2.02. The summed E-state index contributed by atoms with van der Waals surface area (Å²) in [4.78, 5) is 17.5. The lowest BCUT2D eigenvalue weighted by atomic mass is 9.85. The van der Waals surface area contributed by atoms with Crippen molar-refractivity contribution in [2.24, 2.45) is 5.92 Å². The van der Waals surface area contributed by atoms with Crippen molar-refractivity contribution in [2.45, 2.75) is 26.2 Å². The van der Waals surface area contributed by atoms with Crippen LogP contribution in [0.1, 0.15) is 36.5 Å². The molecule has 0 saturated heterocycles. The third kappa shape index (κ3) is 2.81. The molecule has 1 aromatic heterocycles. The minimum absolute atomic E-state index is 0.0492. The van der Waals surface area contributed by atoms with E-state index < -0.39 is 5.95 Å².